The van der Waals surface area contributed by atoms with Crippen LogP contribution in [0.3, 0.4) is 0 Å². The summed E-state index contributed by atoms with van der Waals surface area (Å²) in [5.41, 5.74) is 2.83. The van der Waals surface area contributed by atoms with Crippen LogP contribution in [0, 0.1) is 0 Å². The molecule has 2 aromatic rings. The van der Waals surface area contributed by atoms with Gasteiger partial charge in [0.1, 0.15) is 11.5 Å². The van der Waals surface area contributed by atoms with Crippen LogP contribution in [0.4, 0.5) is 0 Å². The molecule has 2 atom stereocenters. The van der Waals surface area contributed by atoms with E-state index in [1.807, 2.05) is 27.7 Å². The van der Waals surface area contributed by atoms with Crippen molar-refractivity contribution in [3.8, 4) is 11.5 Å². The zero-order chi connectivity index (χ0) is 21.3. The van der Waals surface area contributed by atoms with Crippen molar-refractivity contribution in [1.29, 1.82) is 0 Å². The number of benzene rings is 2. The predicted octanol–water partition coefficient (Wildman–Crippen LogP) is 6.65. The van der Waals surface area contributed by atoms with Gasteiger partial charge in [0.15, 0.2) is 12.6 Å². The topological polar surface area (TPSA) is 36.9 Å². The molecule has 4 nitrogen and oxygen atoms in total. The molecule has 30 heavy (non-hydrogen) atoms. The second kappa shape index (κ2) is 11.4. The second-order valence-electron chi connectivity index (χ2n) is 7.97. The van der Waals surface area contributed by atoms with Gasteiger partial charge in [-0.25, -0.2) is 0 Å². The molecule has 164 valence electrons. The molecule has 1 fully saturated rings. The van der Waals surface area contributed by atoms with Crippen LogP contribution in [0.25, 0.3) is 0 Å². The Labute approximate surface area is 181 Å². The van der Waals surface area contributed by atoms with E-state index in [2.05, 4.69) is 48.5 Å². The highest BCUT2D eigenvalue weighted by Gasteiger charge is 2.23. The highest BCUT2D eigenvalue weighted by Crippen LogP contribution is 2.41. The van der Waals surface area contributed by atoms with E-state index in [1.165, 1.54) is 36.8 Å². The van der Waals surface area contributed by atoms with E-state index in [9.17, 15) is 0 Å². The quantitative estimate of drug-likeness (QED) is 0.409. The first-order valence-electron chi connectivity index (χ1n) is 11.4. The number of ether oxygens (including phenoxy) is 4. The van der Waals surface area contributed by atoms with Crippen LogP contribution < -0.4 is 9.47 Å². The molecule has 0 aromatic heterocycles. The highest BCUT2D eigenvalue weighted by molar-refractivity contribution is 5.32. The summed E-state index contributed by atoms with van der Waals surface area (Å²) in [6.45, 7) is 9.12. The molecule has 1 saturated carbocycles. The highest BCUT2D eigenvalue weighted by atomic mass is 16.7. The van der Waals surface area contributed by atoms with E-state index < -0.39 is 0 Å². The average Bonchev–Trinajstić information content (AvgIpc) is 2.75. The van der Waals surface area contributed by atoms with Gasteiger partial charge in [0.25, 0.3) is 0 Å². The van der Waals surface area contributed by atoms with Crippen molar-refractivity contribution in [2.75, 3.05) is 13.2 Å². The van der Waals surface area contributed by atoms with E-state index in [0.29, 0.717) is 25.0 Å². The summed E-state index contributed by atoms with van der Waals surface area (Å²) in [5.74, 6) is 3.01. The zero-order valence-corrected chi connectivity index (χ0v) is 18.8. The molecule has 1 aliphatic rings. The Kier molecular flexibility index (Phi) is 8.59. The second-order valence-corrected chi connectivity index (χ2v) is 7.97. The average molecular weight is 413 g/mol. The standard InChI is InChI=1S/C26H36O4/c1-5-27-19(3)29-25-15-11-23(12-16-25)21-7-9-22(10-8-21)24-13-17-26(18-14-24)30-20(4)28-6-2/h11-22H,5-10H2,1-4H3. The maximum Gasteiger partial charge on any atom is 0.196 e. The van der Waals surface area contributed by atoms with E-state index in [4.69, 9.17) is 18.9 Å². The Morgan fingerprint density at radius 3 is 1.27 bits per heavy atom. The van der Waals surface area contributed by atoms with E-state index in [0.717, 1.165) is 11.5 Å². The van der Waals surface area contributed by atoms with Crippen LogP contribution in [0.1, 0.15) is 76.3 Å². The molecule has 0 spiro atoms. The van der Waals surface area contributed by atoms with Crippen LogP contribution in [0.2, 0.25) is 0 Å². The monoisotopic (exact) mass is 412 g/mol. The van der Waals surface area contributed by atoms with Gasteiger partial charge in [0, 0.05) is 13.2 Å². The Morgan fingerprint density at radius 1 is 0.633 bits per heavy atom. The first-order valence-corrected chi connectivity index (χ1v) is 11.4. The van der Waals surface area contributed by atoms with Gasteiger partial charge in [-0.15, -0.1) is 0 Å². The number of hydrogen-bond acceptors (Lipinski definition) is 4. The summed E-state index contributed by atoms with van der Waals surface area (Å²) >= 11 is 0. The van der Waals surface area contributed by atoms with Crippen molar-refractivity contribution in [2.45, 2.75) is 77.8 Å². The molecule has 0 saturated heterocycles. The molecule has 0 aliphatic heterocycles. The summed E-state index contributed by atoms with van der Waals surface area (Å²) in [7, 11) is 0. The van der Waals surface area contributed by atoms with Gasteiger partial charge >= 0.3 is 0 Å². The van der Waals surface area contributed by atoms with Crippen LogP contribution in [0.5, 0.6) is 11.5 Å². The normalized spacial score (nSPS) is 21.1. The third-order valence-corrected chi connectivity index (χ3v) is 5.84. The number of hydrogen-bond donors (Lipinski definition) is 0. The first-order chi connectivity index (χ1) is 14.6. The van der Waals surface area contributed by atoms with E-state index in [-0.39, 0.29) is 12.6 Å². The maximum absolute atomic E-state index is 5.78. The van der Waals surface area contributed by atoms with Crippen molar-refractivity contribution >= 4 is 0 Å². The lowest BCUT2D eigenvalue weighted by Gasteiger charge is -2.29. The molecule has 3 rings (SSSR count). The minimum Gasteiger partial charge on any atom is -0.465 e. The Bertz CT molecular complexity index is 667. The SMILES string of the molecule is CCOC(C)Oc1ccc(C2CCC(c3ccc(OC(C)OCC)cc3)CC2)cc1. The smallest absolute Gasteiger partial charge is 0.196 e. The van der Waals surface area contributed by atoms with Crippen molar-refractivity contribution in [2.24, 2.45) is 0 Å². The third kappa shape index (κ3) is 6.48. The molecule has 1 aliphatic carbocycles. The van der Waals surface area contributed by atoms with Crippen LogP contribution in [0.15, 0.2) is 48.5 Å². The van der Waals surface area contributed by atoms with Crippen molar-refractivity contribution < 1.29 is 18.9 Å². The molecule has 2 aromatic carbocycles. The molecule has 0 bridgehead atoms. The number of rotatable bonds is 10. The fourth-order valence-electron chi connectivity index (χ4n) is 4.32. The molecule has 0 radical (unpaired) electrons. The van der Waals surface area contributed by atoms with Crippen LogP contribution in [-0.4, -0.2) is 25.8 Å². The molecule has 2 unspecified atom stereocenters. The van der Waals surface area contributed by atoms with Gasteiger partial charge in [0.2, 0.25) is 0 Å². The van der Waals surface area contributed by atoms with Crippen molar-refractivity contribution in [3.63, 3.8) is 0 Å². The van der Waals surface area contributed by atoms with Crippen LogP contribution in [-0.2, 0) is 9.47 Å². The minimum absolute atomic E-state index is 0.213. The molecule has 0 heterocycles. The summed E-state index contributed by atoms with van der Waals surface area (Å²) < 4.78 is 22.5. The Hall–Kier alpha value is -2.04. The van der Waals surface area contributed by atoms with E-state index in [1.54, 1.807) is 0 Å². The fourth-order valence-corrected chi connectivity index (χ4v) is 4.32. The summed E-state index contributed by atoms with van der Waals surface area (Å²) in [6.07, 6.45) is 4.46. The van der Waals surface area contributed by atoms with Gasteiger partial charge in [-0.1, -0.05) is 24.3 Å². The van der Waals surface area contributed by atoms with Crippen molar-refractivity contribution in [1.82, 2.24) is 0 Å². The summed E-state index contributed by atoms with van der Waals surface area (Å²) in [4.78, 5) is 0. The zero-order valence-electron chi connectivity index (χ0n) is 18.8. The van der Waals surface area contributed by atoms with Gasteiger partial charge in [-0.2, -0.15) is 0 Å². The van der Waals surface area contributed by atoms with Crippen LogP contribution >= 0.6 is 0 Å². The first kappa shape index (κ1) is 22.6. The minimum atomic E-state index is -0.213. The maximum atomic E-state index is 5.78. The Morgan fingerprint density at radius 2 is 0.967 bits per heavy atom. The third-order valence-electron chi connectivity index (χ3n) is 5.84. The largest absolute Gasteiger partial charge is 0.465 e. The molecule has 4 heteroatoms. The van der Waals surface area contributed by atoms with Gasteiger partial charge in [0.05, 0.1) is 0 Å². The van der Waals surface area contributed by atoms with Gasteiger partial charge in [-0.3, -0.25) is 0 Å². The fraction of sp³-hybridized carbons (Fsp3) is 0.538. The van der Waals surface area contributed by atoms with Gasteiger partial charge in [-0.05, 0) is 101 Å². The van der Waals surface area contributed by atoms with Crippen molar-refractivity contribution in [3.05, 3.63) is 59.7 Å². The van der Waals surface area contributed by atoms with E-state index >= 15 is 0 Å². The lowest BCUT2D eigenvalue weighted by Crippen LogP contribution is -2.16. The Balaban J connectivity index is 1.49. The summed E-state index contributed by atoms with van der Waals surface area (Å²) in [6, 6.07) is 17.1. The lowest BCUT2D eigenvalue weighted by atomic mass is 9.76. The summed E-state index contributed by atoms with van der Waals surface area (Å²) in [5, 5.41) is 0. The lowest BCUT2D eigenvalue weighted by molar-refractivity contribution is -0.0616. The predicted molar refractivity (Wildman–Crippen MR) is 120 cm³/mol. The van der Waals surface area contributed by atoms with Gasteiger partial charge < -0.3 is 18.9 Å². The molecule has 0 amide bonds. The molecular weight excluding hydrogens is 376 g/mol. The molecular formula is C26H36O4. The molecule has 0 N–H and O–H groups in total.